The average molecular weight is 265 g/mol. The van der Waals surface area contributed by atoms with E-state index in [1.165, 1.54) is 0 Å². The first-order valence-corrected chi connectivity index (χ1v) is 6.74. The fourth-order valence-electron chi connectivity index (χ4n) is 1.84. The van der Waals surface area contributed by atoms with Gasteiger partial charge in [-0.25, -0.2) is 0 Å². The number of hydrogen-bond acceptors (Lipinski definition) is 3. The minimum atomic E-state index is -0.795. The van der Waals surface area contributed by atoms with Gasteiger partial charge in [-0.15, -0.1) is 0 Å². The molecule has 0 aliphatic rings. The summed E-state index contributed by atoms with van der Waals surface area (Å²) >= 11 is 0. The molecule has 0 aromatic heterocycles. The number of aliphatic carboxylic acids is 1. The van der Waals surface area contributed by atoms with Crippen LogP contribution in [0.1, 0.15) is 39.2 Å². The molecular formula is C15H23NO3. The smallest absolute Gasteiger partial charge is 0.320 e. The molecule has 0 saturated carbocycles. The standard InChI is InChI=1S/C15H23NO3/c1-4-6-14(15(17)18)16-10-12-7-5-8-13(9-12)19-11(2)3/h5,7-9,11,14,16H,4,6,10H2,1-3H3,(H,17,18). The van der Waals surface area contributed by atoms with Crippen LogP contribution in [0.15, 0.2) is 24.3 Å². The van der Waals surface area contributed by atoms with Crippen molar-refractivity contribution in [1.82, 2.24) is 5.32 Å². The quantitative estimate of drug-likeness (QED) is 0.759. The van der Waals surface area contributed by atoms with Crippen LogP contribution in [-0.4, -0.2) is 23.2 Å². The summed E-state index contributed by atoms with van der Waals surface area (Å²) in [5, 5.41) is 12.1. The molecule has 0 saturated heterocycles. The molecule has 1 atom stereocenters. The maximum atomic E-state index is 11.0. The lowest BCUT2D eigenvalue weighted by Gasteiger charge is -2.14. The Morgan fingerprint density at radius 3 is 2.74 bits per heavy atom. The average Bonchev–Trinajstić information content (AvgIpc) is 2.33. The van der Waals surface area contributed by atoms with Crippen LogP contribution < -0.4 is 10.1 Å². The monoisotopic (exact) mass is 265 g/mol. The van der Waals surface area contributed by atoms with E-state index in [4.69, 9.17) is 9.84 Å². The van der Waals surface area contributed by atoms with Crippen LogP contribution >= 0.6 is 0 Å². The molecule has 0 radical (unpaired) electrons. The van der Waals surface area contributed by atoms with E-state index < -0.39 is 12.0 Å². The molecule has 0 aliphatic heterocycles. The molecule has 2 N–H and O–H groups in total. The Kier molecular flexibility index (Phi) is 6.36. The zero-order chi connectivity index (χ0) is 14.3. The Morgan fingerprint density at radius 1 is 1.42 bits per heavy atom. The minimum Gasteiger partial charge on any atom is -0.491 e. The van der Waals surface area contributed by atoms with Crippen LogP contribution in [0.25, 0.3) is 0 Å². The molecule has 106 valence electrons. The Labute approximate surface area is 114 Å². The Balaban J connectivity index is 2.58. The predicted octanol–water partition coefficient (Wildman–Crippen LogP) is 2.82. The zero-order valence-corrected chi connectivity index (χ0v) is 11.8. The molecule has 0 heterocycles. The third kappa shape index (κ3) is 5.75. The number of carbonyl (C=O) groups is 1. The van der Waals surface area contributed by atoms with E-state index in [1.807, 2.05) is 45.0 Å². The molecule has 19 heavy (non-hydrogen) atoms. The topological polar surface area (TPSA) is 58.6 Å². The summed E-state index contributed by atoms with van der Waals surface area (Å²) in [5.74, 6) is 0.0214. The van der Waals surface area contributed by atoms with Crippen LogP contribution in [0.3, 0.4) is 0 Å². The molecular weight excluding hydrogens is 242 g/mol. The van der Waals surface area contributed by atoms with Gasteiger partial charge in [0.2, 0.25) is 0 Å². The molecule has 0 aliphatic carbocycles. The van der Waals surface area contributed by atoms with Crippen molar-refractivity contribution < 1.29 is 14.6 Å². The Hall–Kier alpha value is -1.55. The van der Waals surface area contributed by atoms with Gasteiger partial charge in [-0.2, -0.15) is 0 Å². The lowest BCUT2D eigenvalue weighted by molar-refractivity contribution is -0.139. The van der Waals surface area contributed by atoms with Crippen LogP contribution in [0, 0.1) is 0 Å². The fraction of sp³-hybridized carbons (Fsp3) is 0.533. The van der Waals surface area contributed by atoms with Gasteiger partial charge in [-0.3, -0.25) is 4.79 Å². The van der Waals surface area contributed by atoms with Crippen LogP contribution in [0.5, 0.6) is 5.75 Å². The number of hydrogen-bond donors (Lipinski definition) is 2. The van der Waals surface area contributed by atoms with E-state index in [0.717, 1.165) is 17.7 Å². The number of rotatable bonds is 8. The highest BCUT2D eigenvalue weighted by molar-refractivity contribution is 5.73. The highest BCUT2D eigenvalue weighted by Crippen LogP contribution is 2.15. The molecule has 0 fully saturated rings. The second kappa shape index (κ2) is 7.79. The second-order valence-electron chi connectivity index (χ2n) is 4.87. The largest absolute Gasteiger partial charge is 0.491 e. The van der Waals surface area contributed by atoms with Gasteiger partial charge in [0.1, 0.15) is 11.8 Å². The molecule has 1 aromatic carbocycles. The van der Waals surface area contributed by atoms with Crippen molar-refractivity contribution in [2.24, 2.45) is 0 Å². The maximum absolute atomic E-state index is 11.0. The molecule has 1 unspecified atom stereocenters. The van der Waals surface area contributed by atoms with Crippen molar-refractivity contribution >= 4 is 5.97 Å². The van der Waals surface area contributed by atoms with Crippen molar-refractivity contribution in [3.63, 3.8) is 0 Å². The highest BCUT2D eigenvalue weighted by Gasteiger charge is 2.15. The third-order valence-corrected chi connectivity index (χ3v) is 2.70. The lowest BCUT2D eigenvalue weighted by Crippen LogP contribution is -2.35. The summed E-state index contributed by atoms with van der Waals surface area (Å²) in [6.45, 7) is 6.47. The molecule has 1 rings (SSSR count). The van der Waals surface area contributed by atoms with E-state index in [1.54, 1.807) is 0 Å². The van der Waals surface area contributed by atoms with E-state index in [-0.39, 0.29) is 6.10 Å². The molecule has 4 heteroatoms. The molecule has 0 bridgehead atoms. The summed E-state index contributed by atoms with van der Waals surface area (Å²) in [4.78, 5) is 11.0. The van der Waals surface area contributed by atoms with Crippen molar-refractivity contribution in [3.05, 3.63) is 29.8 Å². The minimum absolute atomic E-state index is 0.134. The second-order valence-corrected chi connectivity index (χ2v) is 4.87. The molecule has 4 nitrogen and oxygen atoms in total. The van der Waals surface area contributed by atoms with Gasteiger partial charge in [0.05, 0.1) is 6.10 Å². The van der Waals surface area contributed by atoms with Crippen molar-refractivity contribution in [1.29, 1.82) is 0 Å². The predicted molar refractivity (Wildman–Crippen MR) is 75.4 cm³/mol. The van der Waals surface area contributed by atoms with Gasteiger partial charge in [0.25, 0.3) is 0 Å². The summed E-state index contributed by atoms with van der Waals surface area (Å²) in [5.41, 5.74) is 1.03. The normalized spacial score (nSPS) is 12.4. The van der Waals surface area contributed by atoms with Crippen LogP contribution in [0.2, 0.25) is 0 Å². The van der Waals surface area contributed by atoms with E-state index in [9.17, 15) is 4.79 Å². The number of benzene rings is 1. The van der Waals surface area contributed by atoms with Gasteiger partial charge in [0, 0.05) is 6.54 Å². The van der Waals surface area contributed by atoms with E-state index in [2.05, 4.69) is 5.32 Å². The van der Waals surface area contributed by atoms with Gasteiger partial charge in [0.15, 0.2) is 0 Å². The van der Waals surface area contributed by atoms with Crippen molar-refractivity contribution in [2.45, 2.75) is 52.3 Å². The molecule has 0 amide bonds. The first-order valence-electron chi connectivity index (χ1n) is 6.74. The van der Waals surface area contributed by atoms with Crippen molar-refractivity contribution in [3.8, 4) is 5.75 Å². The highest BCUT2D eigenvalue weighted by atomic mass is 16.5. The number of ether oxygens (including phenoxy) is 1. The van der Waals surface area contributed by atoms with Gasteiger partial charge < -0.3 is 15.2 Å². The Bertz CT molecular complexity index is 404. The molecule has 0 spiro atoms. The SMILES string of the molecule is CCCC(NCc1cccc(OC(C)C)c1)C(=O)O. The number of nitrogens with one attached hydrogen (secondary N) is 1. The molecule has 1 aromatic rings. The van der Waals surface area contributed by atoms with E-state index in [0.29, 0.717) is 13.0 Å². The Morgan fingerprint density at radius 2 is 2.16 bits per heavy atom. The first-order chi connectivity index (χ1) is 9.02. The number of carboxylic acids is 1. The summed E-state index contributed by atoms with van der Waals surface area (Å²) in [7, 11) is 0. The number of carboxylic acid groups (broad SMARTS) is 1. The van der Waals surface area contributed by atoms with Gasteiger partial charge >= 0.3 is 5.97 Å². The van der Waals surface area contributed by atoms with Crippen LogP contribution in [-0.2, 0) is 11.3 Å². The lowest BCUT2D eigenvalue weighted by atomic mass is 10.1. The van der Waals surface area contributed by atoms with Crippen LogP contribution in [0.4, 0.5) is 0 Å². The zero-order valence-electron chi connectivity index (χ0n) is 11.8. The summed E-state index contributed by atoms with van der Waals surface area (Å²) < 4.78 is 5.61. The van der Waals surface area contributed by atoms with Gasteiger partial charge in [-0.1, -0.05) is 25.5 Å². The third-order valence-electron chi connectivity index (χ3n) is 2.70. The fourth-order valence-corrected chi connectivity index (χ4v) is 1.84. The van der Waals surface area contributed by atoms with Gasteiger partial charge in [-0.05, 0) is 38.0 Å². The first kappa shape index (κ1) is 15.5. The van der Waals surface area contributed by atoms with E-state index >= 15 is 0 Å². The van der Waals surface area contributed by atoms with Crippen molar-refractivity contribution in [2.75, 3.05) is 0 Å². The summed E-state index contributed by atoms with van der Waals surface area (Å²) in [6.07, 6.45) is 1.62. The summed E-state index contributed by atoms with van der Waals surface area (Å²) in [6, 6.07) is 7.25. The maximum Gasteiger partial charge on any atom is 0.320 e.